The maximum absolute atomic E-state index is 6.05. The summed E-state index contributed by atoms with van der Waals surface area (Å²) in [6.07, 6.45) is 5.79. The molecule has 0 amide bonds. The van der Waals surface area contributed by atoms with Gasteiger partial charge < -0.3 is 10.5 Å². The van der Waals surface area contributed by atoms with E-state index < -0.39 is 0 Å². The van der Waals surface area contributed by atoms with E-state index in [1.807, 2.05) is 12.1 Å². The van der Waals surface area contributed by atoms with Gasteiger partial charge in [-0.1, -0.05) is 18.2 Å². The van der Waals surface area contributed by atoms with Crippen molar-refractivity contribution in [1.82, 2.24) is 0 Å². The second-order valence-electron chi connectivity index (χ2n) is 4.53. The Bertz CT molecular complexity index is 331. The summed E-state index contributed by atoms with van der Waals surface area (Å²) >= 11 is 0. The molecule has 0 radical (unpaired) electrons. The predicted octanol–water partition coefficient (Wildman–Crippen LogP) is 2.51. The molecular formula is C13H19NO. The Kier molecular flexibility index (Phi) is 2.96. The zero-order chi connectivity index (χ0) is 10.7. The van der Waals surface area contributed by atoms with Gasteiger partial charge in [0.25, 0.3) is 0 Å². The van der Waals surface area contributed by atoms with Gasteiger partial charge in [-0.15, -0.1) is 0 Å². The van der Waals surface area contributed by atoms with Crippen LogP contribution in [-0.2, 0) is 6.42 Å². The standard InChI is InChI=1S/C13H19NO/c1-15-12-7-3-2-5-11(12)6-4-8-13(14)9-10-13/h2-3,5,7H,4,6,8-10,14H2,1H3. The first-order chi connectivity index (χ1) is 7.23. The van der Waals surface area contributed by atoms with Gasteiger partial charge in [-0.2, -0.15) is 0 Å². The highest BCUT2D eigenvalue weighted by Gasteiger charge is 2.36. The molecule has 0 aromatic heterocycles. The van der Waals surface area contributed by atoms with E-state index in [1.165, 1.54) is 18.4 Å². The molecule has 1 fully saturated rings. The van der Waals surface area contributed by atoms with E-state index in [0.717, 1.165) is 25.0 Å². The van der Waals surface area contributed by atoms with Crippen molar-refractivity contribution < 1.29 is 4.74 Å². The van der Waals surface area contributed by atoms with Crippen molar-refractivity contribution in [1.29, 1.82) is 0 Å². The first kappa shape index (κ1) is 10.5. The summed E-state index contributed by atoms with van der Waals surface area (Å²) in [6.45, 7) is 0. The molecule has 0 saturated heterocycles. The van der Waals surface area contributed by atoms with Gasteiger partial charge in [0, 0.05) is 5.54 Å². The Labute approximate surface area is 91.4 Å². The lowest BCUT2D eigenvalue weighted by Crippen LogP contribution is -2.21. The molecule has 2 nitrogen and oxygen atoms in total. The van der Waals surface area contributed by atoms with Crippen LogP contribution in [0, 0.1) is 0 Å². The fourth-order valence-electron chi connectivity index (χ4n) is 1.95. The zero-order valence-corrected chi connectivity index (χ0v) is 9.33. The molecule has 0 spiro atoms. The van der Waals surface area contributed by atoms with Gasteiger partial charge in [-0.25, -0.2) is 0 Å². The van der Waals surface area contributed by atoms with Crippen molar-refractivity contribution in [2.45, 2.75) is 37.6 Å². The third-order valence-corrected chi connectivity index (χ3v) is 3.21. The largest absolute Gasteiger partial charge is 0.496 e. The van der Waals surface area contributed by atoms with E-state index in [-0.39, 0.29) is 5.54 Å². The molecule has 2 heteroatoms. The van der Waals surface area contributed by atoms with E-state index in [9.17, 15) is 0 Å². The summed E-state index contributed by atoms with van der Waals surface area (Å²) in [7, 11) is 1.73. The van der Waals surface area contributed by atoms with Gasteiger partial charge in [0.05, 0.1) is 7.11 Å². The minimum absolute atomic E-state index is 0.183. The number of nitrogens with two attached hydrogens (primary N) is 1. The molecule has 0 atom stereocenters. The number of benzene rings is 1. The Morgan fingerprint density at radius 3 is 2.73 bits per heavy atom. The Morgan fingerprint density at radius 2 is 2.07 bits per heavy atom. The number of methoxy groups -OCH3 is 1. The smallest absolute Gasteiger partial charge is 0.122 e. The lowest BCUT2D eigenvalue weighted by Gasteiger charge is -2.10. The van der Waals surface area contributed by atoms with E-state index in [0.29, 0.717) is 0 Å². The van der Waals surface area contributed by atoms with Gasteiger partial charge in [0.2, 0.25) is 0 Å². The second kappa shape index (κ2) is 4.23. The third kappa shape index (κ3) is 2.72. The molecule has 0 unspecified atom stereocenters. The van der Waals surface area contributed by atoms with Crippen LogP contribution in [0.2, 0.25) is 0 Å². The molecule has 15 heavy (non-hydrogen) atoms. The van der Waals surface area contributed by atoms with Crippen molar-refractivity contribution in [3.63, 3.8) is 0 Å². The molecule has 0 aliphatic heterocycles. The number of aryl methyl sites for hydroxylation is 1. The molecule has 1 aromatic carbocycles. The highest BCUT2D eigenvalue weighted by molar-refractivity contribution is 5.33. The lowest BCUT2D eigenvalue weighted by atomic mass is 10.0. The molecule has 1 saturated carbocycles. The summed E-state index contributed by atoms with van der Waals surface area (Å²) in [4.78, 5) is 0. The summed E-state index contributed by atoms with van der Waals surface area (Å²) in [5, 5.41) is 0. The van der Waals surface area contributed by atoms with Crippen LogP contribution in [0.25, 0.3) is 0 Å². The monoisotopic (exact) mass is 205 g/mol. The van der Waals surface area contributed by atoms with Crippen LogP contribution in [-0.4, -0.2) is 12.6 Å². The van der Waals surface area contributed by atoms with Gasteiger partial charge in [-0.05, 0) is 43.7 Å². The summed E-state index contributed by atoms with van der Waals surface area (Å²) in [5.41, 5.74) is 7.53. The number of hydrogen-bond acceptors (Lipinski definition) is 2. The van der Waals surface area contributed by atoms with Gasteiger partial charge >= 0.3 is 0 Å². The Hall–Kier alpha value is -1.02. The first-order valence-corrected chi connectivity index (χ1v) is 5.64. The quantitative estimate of drug-likeness (QED) is 0.801. The van der Waals surface area contributed by atoms with Crippen LogP contribution in [0.1, 0.15) is 31.2 Å². The molecule has 2 N–H and O–H groups in total. The summed E-state index contributed by atoms with van der Waals surface area (Å²) < 4.78 is 5.31. The SMILES string of the molecule is COc1ccccc1CCCC1(N)CC1. The van der Waals surface area contributed by atoms with E-state index in [4.69, 9.17) is 10.5 Å². The van der Waals surface area contributed by atoms with Crippen molar-refractivity contribution in [2.24, 2.45) is 5.73 Å². The number of para-hydroxylation sites is 1. The van der Waals surface area contributed by atoms with Crippen molar-refractivity contribution in [3.8, 4) is 5.75 Å². The highest BCUT2D eigenvalue weighted by atomic mass is 16.5. The lowest BCUT2D eigenvalue weighted by molar-refractivity contribution is 0.408. The van der Waals surface area contributed by atoms with Crippen molar-refractivity contribution in [3.05, 3.63) is 29.8 Å². The van der Waals surface area contributed by atoms with Crippen LogP contribution >= 0.6 is 0 Å². The second-order valence-corrected chi connectivity index (χ2v) is 4.53. The van der Waals surface area contributed by atoms with Gasteiger partial charge in [0.15, 0.2) is 0 Å². The fraction of sp³-hybridized carbons (Fsp3) is 0.538. The van der Waals surface area contributed by atoms with Crippen LogP contribution in [0.4, 0.5) is 0 Å². The van der Waals surface area contributed by atoms with E-state index >= 15 is 0 Å². The van der Waals surface area contributed by atoms with Crippen LogP contribution < -0.4 is 10.5 Å². The topological polar surface area (TPSA) is 35.2 Å². The third-order valence-electron chi connectivity index (χ3n) is 3.21. The average Bonchev–Trinajstić information content (AvgIpc) is 2.97. The average molecular weight is 205 g/mol. The number of ether oxygens (including phenoxy) is 1. The molecule has 2 rings (SSSR count). The molecule has 1 aliphatic carbocycles. The molecular weight excluding hydrogens is 186 g/mol. The zero-order valence-electron chi connectivity index (χ0n) is 9.33. The molecule has 0 bridgehead atoms. The minimum Gasteiger partial charge on any atom is -0.496 e. The Balaban J connectivity index is 1.86. The molecule has 1 aliphatic rings. The normalized spacial score (nSPS) is 17.5. The van der Waals surface area contributed by atoms with E-state index in [2.05, 4.69) is 12.1 Å². The Morgan fingerprint density at radius 1 is 1.33 bits per heavy atom. The summed E-state index contributed by atoms with van der Waals surface area (Å²) in [5.74, 6) is 0.999. The summed E-state index contributed by atoms with van der Waals surface area (Å²) in [6, 6.07) is 8.22. The van der Waals surface area contributed by atoms with Gasteiger partial charge in [0.1, 0.15) is 5.75 Å². The van der Waals surface area contributed by atoms with E-state index in [1.54, 1.807) is 7.11 Å². The maximum Gasteiger partial charge on any atom is 0.122 e. The molecule has 82 valence electrons. The van der Waals surface area contributed by atoms with Crippen LogP contribution in [0.15, 0.2) is 24.3 Å². The fourth-order valence-corrected chi connectivity index (χ4v) is 1.95. The first-order valence-electron chi connectivity index (χ1n) is 5.64. The number of rotatable bonds is 5. The molecule has 0 heterocycles. The maximum atomic E-state index is 6.05. The van der Waals surface area contributed by atoms with Crippen molar-refractivity contribution >= 4 is 0 Å². The molecule has 1 aromatic rings. The highest BCUT2D eigenvalue weighted by Crippen LogP contribution is 2.37. The number of hydrogen-bond donors (Lipinski definition) is 1. The van der Waals surface area contributed by atoms with Crippen molar-refractivity contribution in [2.75, 3.05) is 7.11 Å². The van der Waals surface area contributed by atoms with Crippen LogP contribution in [0.3, 0.4) is 0 Å². The van der Waals surface area contributed by atoms with Crippen LogP contribution in [0.5, 0.6) is 5.75 Å². The predicted molar refractivity (Wildman–Crippen MR) is 62.1 cm³/mol. The van der Waals surface area contributed by atoms with Gasteiger partial charge in [-0.3, -0.25) is 0 Å². The minimum atomic E-state index is 0.183.